The van der Waals surface area contributed by atoms with Crippen molar-refractivity contribution < 1.29 is 0 Å². The summed E-state index contributed by atoms with van der Waals surface area (Å²) in [5.41, 5.74) is 5.08. The maximum atomic E-state index is 3.93. The Hall–Kier alpha value is -1.56. The zero-order valence-electron chi connectivity index (χ0n) is 8.46. The number of hydrogen-bond acceptors (Lipinski definition) is 0. The summed E-state index contributed by atoms with van der Waals surface area (Å²) in [6, 6.07) is 8.63. The minimum absolute atomic E-state index is 0.972. The zero-order chi connectivity index (χ0) is 9.97. The van der Waals surface area contributed by atoms with Gasteiger partial charge in [0.05, 0.1) is 0 Å². The Bertz CT molecular complexity index is 402. The Labute approximate surface area is 85.3 Å². The van der Waals surface area contributed by atoms with Gasteiger partial charge < -0.3 is 0 Å². The molecule has 0 amide bonds. The van der Waals surface area contributed by atoms with Gasteiger partial charge in [-0.1, -0.05) is 60.2 Å². The van der Waals surface area contributed by atoms with Gasteiger partial charge in [-0.3, -0.25) is 0 Å². The van der Waals surface area contributed by atoms with Crippen molar-refractivity contribution in [3.8, 4) is 0 Å². The summed E-state index contributed by atoms with van der Waals surface area (Å²) < 4.78 is 0. The third-order valence-corrected chi connectivity index (χ3v) is 2.47. The second-order valence-corrected chi connectivity index (χ2v) is 3.72. The SMILES string of the molecule is C=C1C=CC(c2ccc(C)cc2)=CC1. The molecule has 1 aromatic rings. The molecule has 0 fully saturated rings. The van der Waals surface area contributed by atoms with Crippen LogP contribution in [0.15, 0.2) is 54.6 Å². The molecule has 0 spiro atoms. The van der Waals surface area contributed by atoms with Gasteiger partial charge in [0.25, 0.3) is 0 Å². The molecule has 0 unspecified atom stereocenters. The van der Waals surface area contributed by atoms with E-state index in [1.165, 1.54) is 22.3 Å². The van der Waals surface area contributed by atoms with E-state index in [0.717, 1.165) is 6.42 Å². The van der Waals surface area contributed by atoms with Crippen molar-refractivity contribution in [2.75, 3.05) is 0 Å². The number of benzene rings is 1. The smallest absolute Gasteiger partial charge is 0.00941 e. The van der Waals surface area contributed by atoms with Crippen molar-refractivity contribution in [1.29, 1.82) is 0 Å². The van der Waals surface area contributed by atoms with Crippen LogP contribution in [0.2, 0.25) is 0 Å². The lowest BCUT2D eigenvalue weighted by atomic mass is 9.97. The van der Waals surface area contributed by atoms with Gasteiger partial charge >= 0.3 is 0 Å². The molecule has 1 aliphatic carbocycles. The van der Waals surface area contributed by atoms with Gasteiger partial charge in [-0.25, -0.2) is 0 Å². The van der Waals surface area contributed by atoms with Crippen molar-refractivity contribution in [1.82, 2.24) is 0 Å². The topological polar surface area (TPSA) is 0 Å². The molecule has 0 heteroatoms. The highest BCUT2D eigenvalue weighted by atomic mass is 14.1. The molecule has 0 heterocycles. The predicted molar refractivity (Wildman–Crippen MR) is 62.1 cm³/mol. The van der Waals surface area contributed by atoms with Crippen molar-refractivity contribution in [2.24, 2.45) is 0 Å². The summed E-state index contributed by atoms with van der Waals surface area (Å²) in [4.78, 5) is 0. The molecule has 0 nitrogen and oxygen atoms in total. The maximum Gasteiger partial charge on any atom is -0.00941 e. The zero-order valence-corrected chi connectivity index (χ0v) is 8.46. The molecule has 0 aliphatic heterocycles. The Kier molecular flexibility index (Phi) is 2.36. The lowest BCUT2D eigenvalue weighted by molar-refractivity contribution is 1.28. The van der Waals surface area contributed by atoms with E-state index in [9.17, 15) is 0 Å². The average Bonchev–Trinajstić information content (AvgIpc) is 2.21. The monoisotopic (exact) mass is 182 g/mol. The highest BCUT2D eigenvalue weighted by molar-refractivity contribution is 5.76. The van der Waals surface area contributed by atoms with Crippen LogP contribution in [-0.2, 0) is 0 Å². The highest BCUT2D eigenvalue weighted by Crippen LogP contribution is 2.23. The van der Waals surface area contributed by atoms with Crippen LogP contribution >= 0.6 is 0 Å². The van der Waals surface area contributed by atoms with Crippen molar-refractivity contribution >= 4 is 5.57 Å². The second-order valence-electron chi connectivity index (χ2n) is 3.72. The third-order valence-electron chi connectivity index (χ3n) is 2.47. The average molecular weight is 182 g/mol. The maximum absolute atomic E-state index is 3.93. The number of aryl methyl sites for hydroxylation is 1. The summed E-state index contributed by atoms with van der Waals surface area (Å²) >= 11 is 0. The van der Waals surface area contributed by atoms with E-state index in [-0.39, 0.29) is 0 Å². The third kappa shape index (κ3) is 1.85. The van der Waals surface area contributed by atoms with Crippen LogP contribution in [0.4, 0.5) is 0 Å². The Balaban J connectivity index is 2.29. The van der Waals surface area contributed by atoms with E-state index < -0.39 is 0 Å². The van der Waals surface area contributed by atoms with E-state index in [1.807, 2.05) is 0 Å². The first-order chi connectivity index (χ1) is 6.75. The van der Waals surface area contributed by atoms with Gasteiger partial charge in [0.2, 0.25) is 0 Å². The van der Waals surface area contributed by atoms with Crippen LogP contribution in [-0.4, -0.2) is 0 Å². The predicted octanol–water partition coefficient (Wildman–Crippen LogP) is 3.89. The van der Waals surface area contributed by atoms with Gasteiger partial charge in [-0.2, -0.15) is 0 Å². The summed E-state index contributed by atoms with van der Waals surface area (Å²) in [6.45, 7) is 6.03. The van der Waals surface area contributed by atoms with Crippen LogP contribution in [0.5, 0.6) is 0 Å². The largest absolute Gasteiger partial charge is 0.0955 e. The molecule has 0 radical (unpaired) electrons. The van der Waals surface area contributed by atoms with Crippen LogP contribution < -0.4 is 0 Å². The Morgan fingerprint density at radius 2 is 1.79 bits per heavy atom. The molecule has 0 saturated heterocycles. The van der Waals surface area contributed by atoms with E-state index in [4.69, 9.17) is 0 Å². The van der Waals surface area contributed by atoms with Gasteiger partial charge in [-0.15, -0.1) is 0 Å². The molecule has 0 atom stereocenters. The quantitative estimate of drug-likeness (QED) is 0.618. The van der Waals surface area contributed by atoms with Crippen molar-refractivity contribution in [3.63, 3.8) is 0 Å². The standard InChI is InChI=1S/C14H14/c1-11-3-7-13(8-4-11)14-9-5-12(2)6-10-14/h3,5-10H,1,4H2,2H3. The normalized spacial score (nSPS) is 15.5. The van der Waals surface area contributed by atoms with Crippen molar-refractivity contribution in [2.45, 2.75) is 13.3 Å². The molecule has 1 aliphatic rings. The summed E-state index contributed by atoms with van der Waals surface area (Å²) in [5.74, 6) is 0. The minimum Gasteiger partial charge on any atom is -0.0955 e. The van der Waals surface area contributed by atoms with Gasteiger partial charge in [-0.05, 0) is 24.5 Å². The second kappa shape index (κ2) is 3.67. The lowest BCUT2D eigenvalue weighted by Gasteiger charge is -2.08. The first kappa shape index (κ1) is 9.01. The Morgan fingerprint density at radius 1 is 1.07 bits per heavy atom. The van der Waals surface area contributed by atoms with E-state index in [1.54, 1.807) is 0 Å². The Morgan fingerprint density at radius 3 is 2.36 bits per heavy atom. The molecular formula is C14H14. The van der Waals surface area contributed by atoms with Crippen LogP contribution in [0, 0.1) is 6.92 Å². The van der Waals surface area contributed by atoms with Gasteiger partial charge in [0, 0.05) is 0 Å². The fourth-order valence-electron chi connectivity index (χ4n) is 1.54. The number of rotatable bonds is 1. The van der Waals surface area contributed by atoms with Crippen LogP contribution in [0.1, 0.15) is 17.5 Å². The van der Waals surface area contributed by atoms with E-state index in [0.29, 0.717) is 0 Å². The molecule has 14 heavy (non-hydrogen) atoms. The van der Waals surface area contributed by atoms with E-state index >= 15 is 0 Å². The lowest BCUT2D eigenvalue weighted by Crippen LogP contribution is -1.87. The molecule has 70 valence electrons. The highest BCUT2D eigenvalue weighted by Gasteiger charge is 2.01. The van der Waals surface area contributed by atoms with Gasteiger partial charge in [0.15, 0.2) is 0 Å². The molecule has 0 bridgehead atoms. The van der Waals surface area contributed by atoms with Gasteiger partial charge in [0.1, 0.15) is 0 Å². The molecule has 0 N–H and O–H groups in total. The van der Waals surface area contributed by atoms with Crippen LogP contribution in [0.3, 0.4) is 0 Å². The molecular weight excluding hydrogens is 168 g/mol. The number of hydrogen-bond donors (Lipinski definition) is 0. The van der Waals surface area contributed by atoms with E-state index in [2.05, 4.69) is 56.0 Å². The molecule has 2 rings (SSSR count). The van der Waals surface area contributed by atoms with Crippen LogP contribution in [0.25, 0.3) is 5.57 Å². The molecule has 1 aromatic carbocycles. The summed E-state index contributed by atoms with van der Waals surface area (Å²) in [7, 11) is 0. The minimum atomic E-state index is 0.972. The first-order valence-corrected chi connectivity index (χ1v) is 4.89. The molecule has 0 saturated carbocycles. The summed E-state index contributed by atoms with van der Waals surface area (Å²) in [6.07, 6.45) is 7.43. The fraction of sp³-hybridized carbons (Fsp3) is 0.143. The first-order valence-electron chi connectivity index (χ1n) is 4.89. The number of allylic oxidation sites excluding steroid dienone is 5. The fourth-order valence-corrected chi connectivity index (χ4v) is 1.54. The molecule has 0 aromatic heterocycles. The van der Waals surface area contributed by atoms with Crippen molar-refractivity contribution in [3.05, 3.63) is 65.8 Å². The summed E-state index contributed by atoms with van der Waals surface area (Å²) in [5, 5.41) is 0.